The van der Waals surface area contributed by atoms with E-state index < -0.39 is 0 Å². The van der Waals surface area contributed by atoms with Gasteiger partial charge in [-0.2, -0.15) is 0 Å². The number of rotatable bonds is 6. The zero-order valence-corrected chi connectivity index (χ0v) is 13.2. The minimum Gasteiger partial charge on any atom is -0.308 e. The molecule has 0 aromatic rings. The topological polar surface area (TPSA) is 15.3 Å². The molecular formula is C17H34N2. The van der Waals surface area contributed by atoms with Crippen molar-refractivity contribution in [3.63, 3.8) is 0 Å². The van der Waals surface area contributed by atoms with Gasteiger partial charge < -0.3 is 5.32 Å². The predicted molar refractivity (Wildman–Crippen MR) is 83.6 cm³/mol. The summed E-state index contributed by atoms with van der Waals surface area (Å²) in [7, 11) is 0. The van der Waals surface area contributed by atoms with Gasteiger partial charge in [0.25, 0.3) is 0 Å². The van der Waals surface area contributed by atoms with Crippen molar-refractivity contribution in [3.05, 3.63) is 0 Å². The van der Waals surface area contributed by atoms with Crippen molar-refractivity contribution < 1.29 is 0 Å². The van der Waals surface area contributed by atoms with Crippen LogP contribution in [0.15, 0.2) is 0 Å². The molecule has 1 N–H and O–H groups in total. The van der Waals surface area contributed by atoms with Crippen LogP contribution in [-0.4, -0.2) is 36.1 Å². The van der Waals surface area contributed by atoms with E-state index in [2.05, 4.69) is 24.1 Å². The summed E-state index contributed by atoms with van der Waals surface area (Å²) in [5.41, 5.74) is 0.481. The second-order valence-electron chi connectivity index (χ2n) is 6.82. The Morgan fingerprint density at radius 2 is 1.84 bits per heavy atom. The van der Waals surface area contributed by atoms with E-state index in [1.807, 2.05) is 0 Å². The highest BCUT2D eigenvalue weighted by Gasteiger charge is 2.38. The molecule has 0 radical (unpaired) electrons. The van der Waals surface area contributed by atoms with Crippen LogP contribution in [0.3, 0.4) is 0 Å². The Balaban J connectivity index is 1.85. The summed E-state index contributed by atoms with van der Waals surface area (Å²) < 4.78 is 0. The van der Waals surface area contributed by atoms with E-state index in [4.69, 9.17) is 0 Å². The van der Waals surface area contributed by atoms with Crippen LogP contribution in [0.2, 0.25) is 0 Å². The second kappa shape index (κ2) is 7.64. The Bertz CT molecular complexity index is 246. The van der Waals surface area contributed by atoms with Gasteiger partial charge in [-0.15, -0.1) is 0 Å². The smallest absolute Gasteiger partial charge is 0.0309 e. The average molecular weight is 266 g/mol. The van der Waals surface area contributed by atoms with Crippen molar-refractivity contribution in [2.45, 2.75) is 89.6 Å². The number of piperazine rings is 1. The third-order valence-corrected chi connectivity index (χ3v) is 5.32. The maximum Gasteiger partial charge on any atom is 0.0309 e. The molecule has 19 heavy (non-hydrogen) atoms. The van der Waals surface area contributed by atoms with Gasteiger partial charge in [-0.05, 0) is 32.2 Å². The van der Waals surface area contributed by atoms with Gasteiger partial charge in [0.15, 0.2) is 0 Å². The van der Waals surface area contributed by atoms with Gasteiger partial charge in [-0.1, -0.05) is 52.4 Å². The highest BCUT2D eigenvalue weighted by atomic mass is 15.3. The fourth-order valence-corrected chi connectivity index (χ4v) is 4.01. The largest absolute Gasteiger partial charge is 0.308 e. The summed E-state index contributed by atoms with van der Waals surface area (Å²) in [6.07, 6.45) is 14.0. The zero-order valence-electron chi connectivity index (χ0n) is 13.2. The van der Waals surface area contributed by atoms with Gasteiger partial charge in [0, 0.05) is 24.7 Å². The number of nitrogens with one attached hydrogen (secondary N) is 1. The van der Waals surface area contributed by atoms with Crippen molar-refractivity contribution >= 4 is 0 Å². The van der Waals surface area contributed by atoms with Gasteiger partial charge >= 0.3 is 0 Å². The summed E-state index contributed by atoms with van der Waals surface area (Å²) in [6, 6.07) is 0.786. The minimum atomic E-state index is 0.481. The maximum absolute atomic E-state index is 3.93. The molecule has 2 rings (SSSR count). The van der Waals surface area contributed by atoms with Crippen LogP contribution in [0.25, 0.3) is 0 Å². The third-order valence-electron chi connectivity index (χ3n) is 5.32. The molecule has 2 nitrogen and oxygen atoms in total. The standard InChI is InChI=1S/C17H34N2/c1-3-5-6-10-13-19-15-17(11-8-7-9-12-17)18-14-16(19)4-2/h16,18H,3-15H2,1-2H3. The molecule has 1 heterocycles. The molecule has 0 aromatic carbocycles. The highest BCUT2D eigenvalue weighted by molar-refractivity contribution is 4.99. The Hall–Kier alpha value is -0.0800. The molecule has 1 atom stereocenters. The molecule has 1 saturated heterocycles. The second-order valence-corrected chi connectivity index (χ2v) is 6.82. The van der Waals surface area contributed by atoms with E-state index >= 15 is 0 Å². The average Bonchev–Trinajstić information content (AvgIpc) is 2.45. The summed E-state index contributed by atoms with van der Waals surface area (Å²) in [6.45, 7) is 8.53. The van der Waals surface area contributed by atoms with Crippen LogP contribution in [-0.2, 0) is 0 Å². The van der Waals surface area contributed by atoms with E-state index in [-0.39, 0.29) is 0 Å². The van der Waals surface area contributed by atoms with E-state index in [1.54, 1.807) is 0 Å². The van der Waals surface area contributed by atoms with Gasteiger partial charge in [-0.25, -0.2) is 0 Å². The van der Waals surface area contributed by atoms with E-state index in [0.29, 0.717) is 5.54 Å². The maximum atomic E-state index is 3.93. The lowest BCUT2D eigenvalue weighted by atomic mass is 9.79. The van der Waals surface area contributed by atoms with E-state index in [1.165, 1.54) is 83.8 Å². The first-order valence-corrected chi connectivity index (χ1v) is 8.79. The van der Waals surface area contributed by atoms with Crippen LogP contribution >= 0.6 is 0 Å². The molecule has 1 unspecified atom stereocenters. The predicted octanol–water partition coefficient (Wildman–Crippen LogP) is 3.95. The number of hydrogen-bond acceptors (Lipinski definition) is 2. The normalized spacial score (nSPS) is 27.8. The lowest BCUT2D eigenvalue weighted by Gasteiger charge is -2.49. The Morgan fingerprint density at radius 3 is 2.53 bits per heavy atom. The van der Waals surface area contributed by atoms with Gasteiger partial charge in [0.05, 0.1) is 0 Å². The van der Waals surface area contributed by atoms with Gasteiger partial charge in [0.1, 0.15) is 0 Å². The summed E-state index contributed by atoms with van der Waals surface area (Å²) in [5, 5.41) is 3.93. The van der Waals surface area contributed by atoms with E-state index in [9.17, 15) is 0 Å². The zero-order chi connectivity index (χ0) is 13.6. The SMILES string of the molecule is CCCCCCN1CC2(CCCCC2)NCC1CC. The van der Waals surface area contributed by atoms with Crippen LogP contribution in [0, 0.1) is 0 Å². The summed E-state index contributed by atoms with van der Waals surface area (Å²) >= 11 is 0. The molecule has 1 aliphatic carbocycles. The monoisotopic (exact) mass is 266 g/mol. The van der Waals surface area contributed by atoms with Crippen molar-refractivity contribution in [2.75, 3.05) is 19.6 Å². The van der Waals surface area contributed by atoms with Gasteiger partial charge in [-0.3, -0.25) is 4.90 Å². The number of unbranched alkanes of at least 4 members (excludes halogenated alkanes) is 3. The van der Waals surface area contributed by atoms with E-state index in [0.717, 1.165) is 6.04 Å². The third kappa shape index (κ3) is 4.19. The van der Waals surface area contributed by atoms with Crippen LogP contribution in [0.4, 0.5) is 0 Å². The minimum absolute atomic E-state index is 0.481. The van der Waals surface area contributed by atoms with Crippen LogP contribution in [0.1, 0.15) is 78.1 Å². The molecule has 0 amide bonds. The summed E-state index contributed by atoms with van der Waals surface area (Å²) in [4.78, 5) is 2.82. The Kier molecular flexibility index (Phi) is 6.15. The van der Waals surface area contributed by atoms with Gasteiger partial charge in [0.2, 0.25) is 0 Å². The van der Waals surface area contributed by atoms with Crippen LogP contribution < -0.4 is 5.32 Å². The first kappa shape index (κ1) is 15.3. The molecule has 2 fully saturated rings. The molecular weight excluding hydrogens is 232 g/mol. The van der Waals surface area contributed by atoms with Crippen LogP contribution in [0.5, 0.6) is 0 Å². The molecule has 0 bridgehead atoms. The molecule has 1 aliphatic heterocycles. The lowest BCUT2D eigenvalue weighted by Crippen LogP contribution is -2.64. The number of nitrogens with zero attached hydrogens (tertiary/aromatic N) is 1. The summed E-state index contributed by atoms with van der Waals surface area (Å²) in [5.74, 6) is 0. The molecule has 2 aliphatic rings. The first-order chi connectivity index (χ1) is 9.29. The fraction of sp³-hybridized carbons (Fsp3) is 1.00. The first-order valence-electron chi connectivity index (χ1n) is 8.79. The van der Waals surface area contributed by atoms with Crippen molar-refractivity contribution in [1.29, 1.82) is 0 Å². The Morgan fingerprint density at radius 1 is 1.05 bits per heavy atom. The molecule has 1 spiro atoms. The molecule has 112 valence electrons. The lowest BCUT2D eigenvalue weighted by molar-refractivity contribution is 0.0528. The Labute approximate surface area is 120 Å². The highest BCUT2D eigenvalue weighted by Crippen LogP contribution is 2.32. The molecule has 2 heteroatoms. The fourth-order valence-electron chi connectivity index (χ4n) is 4.01. The van der Waals surface area contributed by atoms with Crippen molar-refractivity contribution in [3.8, 4) is 0 Å². The molecule has 1 saturated carbocycles. The molecule has 0 aromatic heterocycles. The quantitative estimate of drug-likeness (QED) is 0.732. The number of hydrogen-bond donors (Lipinski definition) is 1. The van der Waals surface area contributed by atoms with Crippen molar-refractivity contribution in [2.24, 2.45) is 0 Å². The van der Waals surface area contributed by atoms with Crippen molar-refractivity contribution in [1.82, 2.24) is 10.2 Å².